The molecule has 1 aliphatic carbocycles. The summed E-state index contributed by atoms with van der Waals surface area (Å²) in [6.07, 6.45) is 8.25. The molecular weight excluding hydrogens is 320 g/mol. The zero-order valence-electron chi connectivity index (χ0n) is 11.3. The summed E-state index contributed by atoms with van der Waals surface area (Å²) in [5, 5.41) is 9.59. The Morgan fingerprint density at radius 2 is 2.20 bits per heavy atom. The zero-order chi connectivity index (χ0) is 14.1. The Morgan fingerprint density at radius 3 is 2.95 bits per heavy atom. The highest BCUT2D eigenvalue weighted by atomic mass is 79.9. The van der Waals surface area contributed by atoms with Gasteiger partial charge >= 0.3 is 5.97 Å². The predicted octanol–water partition coefficient (Wildman–Crippen LogP) is 2.92. The molecule has 20 heavy (non-hydrogen) atoms. The third kappa shape index (κ3) is 2.74. The number of halogens is 1. The van der Waals surface area contributed by atoms with Crippen LogP contribution in [-0.4, -0.2) is 33.5 Å². The highest BCUT2D eigenvalue weighted by Gasteiger charge is 2.46. The molecule has 1 aromatic heterocycles. The van der Waals surface area contributed by atoms with Gasteiger partial charge in [0.25, 0.3) is 0 Å². The summed E-state index contributed by atoms with van der Waals surface area (Å²) < 4.78 is 0.943. The van der Waals surface area contributed by atoms with Gasteiger partial charge in [-0.2, -0.15) is 0 Å². The van der Waals surface area contributed by atoms with Gasteiger partial charge in [-0.1, -0.05) is 12.8 Å². The summed E-state index contributed by atoms with van der Waals surface area (Å²) in [4.78, 5) is 18.0. The van der Waals surface area contributed by atoms with Crippen molar-refractivity contribution in [1.29, 1.82) is 0 Å². The molecule has 4 nitrogen and oxygen atoms in total. The minimum Gasteiger partial charge on any atom is -0.480 e. The van der Waals surface area contributed by atoms with Crippen molar-refractivity contribution in [2.75, 3.05) is 6.54 Å². The molecule has 0 amide bonds. The molecule has 108 valence electrons. The molecule has 0 bridgehead atoms. The zero-order valence-corrected chi connectivity index (χ0v) is 12.9. The fourth-order valence-electron chi connectivity index (χ4n) is 3.84. The Kier molecular flexibility index (Phi) is 4.08. The number of carboxylic acid groups (broad SMARTS) is 1. The minimum absolute atomic E-state index is 0.320. The van der Waals surface area contributed by atoms with Crippen LogP contribution in [0.25, 0.3) is 0 Å². The Labute approximate surface area is 127 Å². The van der Waals surface area contributed by atoms with Crippen molar-refractivity contribution in [1.82, 2.24) is 9.88 Å². The number of hydrogen-bond donors (Lipinski definition) is 1. The highest BCUT2D eigenvalue weighted by molar-refractivity contribution is 9.10. The predicted molar refractivity (Wildman–Crippen MR) is 79.2 cm³/mol. The lowest BCUT2D eigenvalue weighted by atomic mass is 9.78. The summed E-state index contributed by atoms with van der Waals surface area (Å²) in [6.45, 7) is 1.59. The summed E-state index contributed by atoms with van der Waals surface area (Å²) in [5.41, 5.74) is 1.07. The van der Waals surface area contributed by atoms with Crippen LogP contribution in [0, 0.1) is 11.8 Å². The van der Waals surface area contributed by atoms with E-state index in [9.17, 15) is 9.90 Å². The third-order valence-electron chi connectivity index (χ3n) is 4.64. The van der Waals surface area contributed by atoms with E-state index in [2.05, 4.69) is 25.8 Å². The van der Waals surface area contributed by atoms with Gasteiger partial charge in [0.05, 0.1) is 0 Å². The molecule has 2 heterocycles. The van der Waals surface area contributed by atoms with Crippen LogP contribution in [0.3, 0.4) is 0 Å². The first-order valence-electron chi connectivity index (χ1n) is 7.21. The fraction of sp³-hybridized carbons (Fsp3) is 0.600. The van der Waals surface area contributed by atoms with Gasteiger partial charge < -0.3 is 5.11 Å². The van der Waals surface area contributed by atoms with Crippen molar-refractivity contribution in [3.63, 3.8) is 0 Å². The van der Waals surface area contributed by atoms with Gasteiger partial charge in [-0.3, -0.25) is 14.7 Å². The van der Waals surface area contributed by atoms with Gasteiger partial charge in [0.1, 0.15) is 6.04 Å². The number of pyridine rings is 1. The molecule has 1 saturated carbocycles. The molecule has 3 atom stereocenters. The van der Waals surface area contributed by atoms with Gasteiger partial charge in [-0.15, -0.1) is 0 Å². The van der Waals surface area contributed by atoms with Crippen LogP contribution >= 0.6 is 15.9 Å². The first kappa shape index (κ1) is 14.0. The monoisotopic (exact) mass is 338 g/mol. The molecule has 0 spiro atoms. The van der Waals surface area contributed by atoms with Crippen LogP contribution < -0.4 is 0 Å². The molecule has 0 radical (unpaired) electrons. The van der Waals surface area contributed by atoms with Crippen molar-refractivity contribution >= 4 is 21.9 Å². The Balaban J connectivity index is 1.79. The van der Waals surface area contributed by atoms with Crippen molar-refractivity contribution in [3.05, 3.63) is 28.5 Å². The number of aromatic nitrogens is 1. The van der Waals surface area contributed by atoms with Crippen LogP contribution in [0.15, 0.2) is 22.9 Å². The van der Waals surface area contributed by atoms with Crippen LogP contribution in [0.2, 0.25) is 0 Å². The summed E-state index contributed by atoms with van der Waals surface area (Å²) in [5.74, 6) is 0.230. The molecule has 2 aliphatic rings. The molecule has 3 rings (SSSR count). The molecule has 1 aromatic rings. The number of likely N-dealkylation sites (tertiary alicyclic amines) is 1. The molecule has 0 aromatic carbocycles. The molecule has 1 aliphatic heterocycles. The van der Waals surface area contributed by atoms with Crippen molar-refractivity contribution < 1.29 is 9.90 Å². The molecule has 2 fully saturated rings. The van der Waals surface area contributed by atoms with Crippen LogP contribution in [-0.2, 0) is 11.3 Å². The van der Waals surface area contributed by atoms with Gasteiger partial charge in [-0.25, -0.2) is 0 Å². The molecule has 1 N–H and O–H groups in total. The second-order valence-electron chi connectivity index (χ2n) is 5.93. The number of carbonyl (C=O) groups is 1. The second kappa shape index (κ2) is 5.82. The first-order valence-corrected chi connectivity index (χ1v) is 8.01. The topological polar surface area (TPSA) is 53.4 Å². The Morgan fingerprint density at radius 1 is 1.40 bits per heavy atom. The fourth-order valence-corrected chi connectivity index (χ4v) is 4.26. The number of carboxylic acids is 1. The Hall–Kier alpha value is -0.940. The summed E-state index contributed by atoms with van der Waals surface area (Å²) >= 11 is 3.42. The maximum atomic E-state index is 11.7. The van der Waals surface area contributed by atoms with E-state index < -0.39 is 5.97 Å². The van der Waals surface area contributed by atoms with Crippen LogP contribution in [0.1, 0.15) is 31.2 Å². The summed E-state index contributed by atoms with van der Waals surface area (Å²) in [6, 6.07) is 1.70. The van der Waals surface area contributed by atoms with Gasteiger partial charge in [-0.05, 0) is 52.2 Å². The normalized spacial score (nSPS) is 30.1. The number of rotatable bonds is 3. The standard InChI is InChI=1S/C15H19BrN2O2/c16-12-5-10(6-17-7-12)8-18-9-11-3-1-2-4-13(11)14(18)15(19)20/h5-7,11,13-14H,1-4,8-9H2,(H,19,20)/t11-,13-,14-/m0/s1. The summed E-state index contributed by atoms with van der Waals surface area (Å²) in [7, 11) is 0. The van der Waals surface area contributed by atoms with Crippen molar-refractivity contribution in [2.45, 2.75) is 38.3 Å². The van der Waals surface area contributed by atoms with Gasteiger partial charge in [0, 0.05) is 30.0 Å². The van der Waals surface area contributed by atoms with E-state index in [-0.39, 0.29) is 6.04 Å². The van der Waals surface area contributed by atoms with Gasteiger partial charge in [0.15, 0.2) is 0 Å². The van der Waals surface area contributed by atoms with E-state index in [4.69, 9.17) is 0 Å². The average Bonchev–Trinajstić information content (AvgIpc) is 2.76. The number of nitrogens with zero attached hydrogens (tertiary/aromatic N) is 2. The van der Waals surface area contributed by atoms with Crippen molar-refractivity contribution in [2.24, 2.45) is 11.8 Å². The quantitative estimate of drug-likeness (QED) is 0.920. The lowest BCUT2D eigenvalue weighted by Gasteiger charge is -2.27. The highest BCUT2D eigenvalue weighted by Crippen LogP contribution is 2.41. The maximum Gasteiger partial charge on any atom is 0.321 e. The van der Waals surface area contributed by atoms with E-state index >= 15 is 0 Å². The SMILES string of the molecule is O=C(O)[C@@H]1[C@H]2CCCC[C@H]2CN1Cc1cncc(Br)c1. The first-order chi connectivity index (χ1) is 9.65. The number of fused-ring (bicyclic) bond motifs is 1. The van der Waals surface area contributed by atoms with E-state index in [1.807, 2.05) is 12.3 Å². The maximum absolute atomic E-state index is 11.7. The Bertz CT molecular complexity index is 508. The number of hydrogen-bond acceptors (Lipinski definition) is 3. The van der Waals surface area contributed by atoms with E-state index in [0.717, 1.165) is 23.0 Å². The molecule has 5 heteroatoms. The lowest BCUT2D eigenvalue weighted by molar-refractivity contribution is -0.144. The largest absolute Gasteiger partial charge is 0.480 e. The average molecular weight is 339 g/mol. The molecule has 1 saturated heterocycles. The van der Waals surface area contributed by atoms with Crippen LogP contribution in [0.5, 0.6) is 0 Å². The smallest absolute Gasteiger partial charge is 0.321 e. The number of aliphatic carboxylic acids is 1. The third-order valence-corrected chi connectivity index (χ3v) is 5.07. The minimum atomic E-state index is -0.664. The van der Waals surface area contributed by atoms with Gasteiger partial charge in [0.2, 0.25) is 0 Å². The van der Waals surface area contributed by atoms with Crippen LogP contribution in [0.4, 0.5) is 0 Å². The molecule has 0 unspecified atom stereocenters. The lowest BCUT2D eigenvalue weighted by Crippen LogP contribution is -2.39. The van der Waals surface area contributed by atoms with E-state index in [0.29, 0.717) is 18.4 Å². The van der Waals surface area contributed by atoms with E-state index in [1.54, 1.807) is 6.20 Å². The second-order valence-corrected chi connectivity index (χ2v) is 6.85. The van der Waals surface area contributed by atoms with Crippen molar-refractivity contribution in [3.8, 4) is 0 Å². The molecular formula is C15H19BrN2O2. The van der Waals surface area contributed by atoms with E-state index in [1.165, 1.54) is 19.3 Å².